The minimum atomic E-state index is -0.399. The Labute approximate surface area is 73.9 Å². The van der Waals surface area contributed by atoms with E-state index in [1.807, 2.05) is 6.92 Å². The molecule has 1 saturated heterocycles. The summed E-state index contributed by atoms with van der Waals surface area (Å²) in [6, 6.07) is 0. The molecule has 2 rings (SSSR count). The minimum absolute atomic E-state index is 0.399. The average Bonchev–Trinajstić information content (AvgIpc) is 2.88. The summed E-state index contributed by atoms with van der Waals surface area (Å²) in [5.74, 6) is 1.07. The third kappa shape index (κ3) is 1.50. The van der Waals surface area contributed by atoms with E-state index in [1.54, 1.807) is 0 Å². The van der Waals surface area contributed by atoms with E-state index in [2.05, 4.69) is 0 Å². The van der Waals surface area contributed by atoms with Crippen molar-refractivity contribution in [2.75, 3.05) is 13.2 Å². The molecule has 1 N–H and O–H groups in total. The molecule has 2 fully saturated rings. The second-order valence-corrected chi connectivity index (χ2v) is 4.39. The Bertz CT molecular complexity index is 155. The Morgan fingerprint density at radius 1 is 1.08 bits per heavy atom. The highest BCUT2D eigenvalue weighted by molar-refractivity contribution is 4.96. The van der Waals surface area contributed by atoms with Crippen molar-refractivity contribution in [3.63, 3.8) is 0 Å². The van der Waals surface area contributed by atoms with Gasteiger partial charge in [0.05, 0.1) is 5.60 Å². The van der Waals surface area contributed by atoms with Crippen LogP contribution in [0.1, 0.15) is 32.6 Å². The lowest BCUT2D eigenvalue weighted by Gasteiger charge is -2.35. The van der Waals surface area contributed by atoms with Gasteiger partial charge >= 0.3 is 0 Å². The van der Waals surface area contributed by atoms with E-state index in [4.69, 9.17) is 4.74 Å². The molecule has 1 aliphatic carbocycles. The first-order valence-electron chi connectivity index (χ1n) is 5.01. The highest BCUT2D eigenvalue weighted by Gasteiger charge is 2.45. The van der Waals surface area contributed by atoms with Crippen LogP contribution < -0.4 is 0 Å². The van der Waals surface area contributed by atoms with Gasteiger partial charge in [0.1, 0.15) is 0 Å². The van der Waals surface area contributed by atoms with Gasteiger partial charge in [-0.2, -0.15) is 0 Å². The molecule has 2 heteroatoms. The molecule has 0 aromatic rings. The van der Waals surface area contributed by atoms with Gasteiger partial charge in [0.25, 0.3) is 0 Å². The van der Waals surface area contributed by atoms with Crippen LogP contribution in [-0.4, -0.2) is 23.9 Å². The summed E-state index contributed by atoms with van der Waals surface area (Å²) in [6.45, 7) is 3.70. The maximum Gasteiger partial charge on any atom is 0.0677 e. The second kappa shape index (κ2) is 3.00. The maximum atomic E-state index is 10.2. The molecule has 2 aliphatic rings. The molecule has 1 atom stereocenters. The highest BCUT2D eigenvalue weighted by Crippen LogP contribution is 2.45. The van der Waals surface area contributed by atoms with Crippen molar-refractivity contribution >= 4 is 0 Å². The SMILES string of the molecule is CC(O)(C1CCOCC1)C1CC1. The van der Waals surface area contributed by atoms with Crippen molar-refractivity contribution in [2.45, 2.75) is 38.2 Å². The molecule has 12 heavy (non-hydrogen) atoms. The lowest BCUT2D eigenvalue weighted by atomic mass is 9.80. The van der Waals surface area contributed by atoms with Gasteiger partial charge < -0.3 is 9.84 Å². The van der Waals surface area contributed by atoms with Crippen LogP contribution in [-0.2, 0) is 4.74 Å². The number of aliphatic hydroxyl groups is 1. The van der Waals surface area contributed by atoms with Crippen LogP contribution in [0.3, 0.4) is 0 Å². The highest BCUT2D eigenvalue weighted by atomic mass is 16.5. The topological polar surface area (TPSA) is 29.5 Å². The summed E-state index contributed by atoms with van der Waals surface area (Å²) in [5, 5.41) is 10.2. The lowest BCUT2D eigenvalue weighted by Crippen LogP contribution is -2.40. The standard InChI is InChI=1S/C10H18O2/c1-10(11,8-2-3-8)9-4-6-12-7-5-9/h8-9,11H,2-7H2,1H3. The Balaban J connectivity index is 1.95. The molecule has 0 spiro atoms. The predicted molar refractivity (Wildman–Crippen MR) is 46.9 cm³/mol. The fourth-order valence-corrected chi connectivity index (χ4v) is 2.28. The largest absolute Gasteiger partial charge is 0.390 e. The number of ether oxygens (including phenoxy) is 1. The molecular formula is C10H18O2. The van der Waals surface area contributed by atoms with Gasteiger partial charge in [-0.1, -0.05) is 0 Å². The number of rotatable bonds is 2. The molecule has 1 heterocycles. The fourth-order valence-electron chi connectivity index (χ4n) is 2.28. The van der Waals surface area contributed by atoms with Crippen LogP contribution in [0.5, 0.6) is 0 Å². The van der Waals surface area contributed by atoms with Gasteiger partial charge in [-0.3, -0.25) is 0 Å². The van der Waals surface area contributed by atoms with E-state index in [1.165, 1.54) is 12.8 Å². The van der Waals surface area contributed by atoms with Gasteiger partial charge in [-0.15, -0.1) is 0 Å². The summed E-state index contributed by atoms with van der Waals surface area (Å²) >= 11 is 0. The molecular weight excluding hydrogens is 152 g/mol. The summed E-state index contributed by atoms with van der Waals surface area (Å²) < 4.78 is 5.28. The monoisotopic (exact) mass is 170 g/mol. The fraction of sp³-hybridized carbons (Fsp3) is 1.00. The summed E-state index contributed by atoms with van der Waals surface area (Å²) in [7, 11) is 0. The van der Waals surface area contributed by atoms with Gasteiger partial charge in [-0.25, -0.2) is 0 Å². The van der Waals surface area contributed by atoms with Crippen molar-refractivity contribution in [1.29, 1.82) is 0 Å². The molecule has 70 valence electrons. The van der Waals surface area contributed by atoms with Gasteiger partial charge in [-0.05, 0) is 44.4 Å². The van der Waals surface area contributed by atoms with Crippen LogP contribution in [0.25, 0.3) is 0 Å². The van der Waals surface area contributed by atoms with Gasteiger partial charge in [0, 0.05) is 13.2 Å². The Kier molecular flexibility index (Phi) is 2.13. The first kappa shape index (κ1) is 8.52. The smallest absolute Gasteiger partial charge is 0.0677 e. The van der Waals surface area contributed by atoms with Crippen LogP contribution in [0.4, 0.5) is 0 Å². The van der Waals surface area contributed by atoms with Crippen molar-refractivity contribution in [1.82, 2.24) is 0 Å². The molecule has 0 bridgehead atoms. The maximum absolute atomic E-state index is 10.2. The molecule has 0 aromatic heterocycles. The Morgan fingerprint density at radius 2 is 1.58 bits per heavy atom. The molecule has 0 aromatic carbocycles. The second-order valence-electron chi connectivity index (χ2n) is 4.39. The van der Waals surface area contributed by atoms with E-state index in [0.29, 0.717) is 11.8 Å². The zero-order valence-electron chi connectivity index (χ0n) is 7.75. The number of hydrogen-bond acceptors (Lipinski definition) is 2. The zero-order valence-corrected chi connectivity index (χ0v) is 7.75. The first-order chi connectivity index (χ1) is 5.71. The van der Waals surface area contributed by atoms with E-state index in [-0.39, 0.29) is 0 Å². The summed E-state index contributed by atoms with van der Waals surface area (Å²) in [5.41, 5.74) is -0.399. The third-order valence-electron chi connectivity index (χ3n) is 3.45. The van der Waals surface area contributed by atoms with Crippen LogP contribution in [0, 0.1) is 11.8 Å². The van der Waals surface area contributed by atoms with Crippen molar-refractivity contribution < 1.29 is 9.84 Å². The molecule has 1 unspecified atom stereocenters. The third-order valence-corrected chi connectivity index (χ3v) is 3.45. The Morgan fingerprint density at radius 3 is 2.08 bits per heavy atom. The van der Waals surface area contributed by atoms with Crippen LogP contribution >= 0.6 is 0 Å². The van der Waals surface area contributed by atoms with E-state index < -0.39 is 5.60 Å². The number of hydrogen-bond donors (Lipinski definition) is 1. The average molecular weight is 170 g/mol. The van der Waals surface area contributed by atoms with Crippen molar-refractivity contribution in [3.8, 4) is 0 Å². The van der Waals surface area contributed by atoms with Crippen molar-refractivity contribution in [3.05, 3.63) is 0 Å². The predicted octanol–water partition coefficient (Wildman–Crippen LogP) is 1.57. The summed E-state index contributed by atoms with van der Waals surface area (Å²) in [4.78, 5) is 0. The van der Waals surface area contributed by atoms with E-state index >= 15 is 0 Å². The normalized spacial score (nSPS) is 31.5. The van der Waals surface area contributed by atoms with Crippen molar-refractivity contribution in [2.24, 2.45) is 11.8 Å². The summed E-state index contributed by atoms with van der Waals surface area (Å²) in [6.07, 6.45) is 4.54. The molecule has 2 nitrogen and oxygen atoms in total. The molecule has 1 aliphatic heterocycles. The lowest BCUT2D eigenvalue weighted by molar-refractivity contribution is -0.0673. The quantitative estimate of drug-likeness (QED) is 0.681. The zero-order chi connectivity index (χ0) is 8.60. The molecule has 0 radical (unpaired) electrons. The minimum Gasteiger partial charge on any atom is -0.390 e. The van der Waals surface area contributed by atoms with Gasteiger partial charge in [0.2, 0.25) is 0 Å². The first-order valence-corrected chi connectivity index (χ1v) is 5.01. The van der Waals surface area contributed by atoms with Crippen LogP contribution in [0.2, 0.25) is 0 Å². The van der Waals surface area contributed by atoms with E-state index in [9.17, 15) is 5.11 Å². The van der Waals surface area contributed by atoms with Gasteiger partial charge in [0.15, 0.2) is 0 Å². The molecule has 1 saturated carbocycles. The Hall–Kier alpha value is -0.0800. The van der Waals surface area contributed by atoms with Crippen LogP contribution in [0.15, 0.2) is 0 Å². The molecule has 0 amide bonds. The van der Waals surface area contributed by atoms with E-state index in [0.717, 1.165) is 26.1 Å².